The molecule has 0 aromatic heterocycles. The van der Waals surface area contributed by atoms with Gasteiger partial charge in [0.05, 0.1) is 17.1 Å². The normalized spacial score (nSPS) is 20.2. The molecule has 1 aliphatic rings. The Balaban J connectivity index is 1.47. The minimum atomic E-state index is -0.786. The van der Waals surface area contributed by atoms with Gasteiger partial charge in [-0.25, -0.2) is 0 Å². The van der Waals surface area contributed by atoms with Crippen molar-refractivity contribution in [2.24, 2.45) is 5.92 Å². The summed E-state index contributed by atoms with van der Waals surface area (Å²) in [4.78, 5) is 22.8. The van der Waals surface area contributed by atoms with Gasteiger partial charge in [-0.15, -0.1) is 11.8 Å². The van der Waals surface area contributed by atoms with E-state index in [1.165, 1.54) is 22.5 Å². The number of carbonyl (C=O) groups is 2. The molecule has 2 aromatic carbocycles. The largest absolute Gasteiger partial charge is 0.481 e. The number of aliphatic hydroxyl groups excluding tert-OH is 1. The number of Topliss-reactive ketones (excluding diaryl/α,β-unsaturated/α-hetero) is 1. The SMILES string of the molecule is O=C(O)CSCCCSC1C(=O)CC[C@@H]1C=CC(O)Cc1ccc2ccccc2c1. The molecule has 3 atom stereocenters. The van der Waals surface area contributed by atoms with Crippen LogP contribution in [0.2, 0.25) is 0 Å². The Morgan fingerprint density at radius 2 is 1.97 bits per heavy atom. The van der Waals surface area contributed by atoms with Gasteiger partial charge in [0.15, 0.2) is 0 Å². The Hall–Kier alpha value is -1.76. The van der Waals surface area contributed by atoms with E-state index < -0.39 is 12.1 Å². The van der Waals surface area contributed by atoms with E-state index in [2.05, 4.69) is 30.3 Å². The molecule has 4 nitrogen and oxygen atoms in total. The number of fused-ring (bicyclic) bond motifs is 1. The lowest BCUT2D eigenvalue weighted by Gasteiger charge is -2.15. The van der Waals surface area contributed by atoms with Crippen LogP contribution in [-0.2, 0) is 16.0 Å². The summed E-state index contributed by atoms with van der Waals surface area (Å²) in [6.07, 6.45) is 6.18. The van der Waals surface area contributed by atoms with Crippen LogP contribution in [-0.4, -0.2) is 50.6 Å². The van der Waals surface area contributed by atoms with Crippen molar-refractivity contribution in [3.05, 3.63) is 60.2 Å². The third-order valence-corrected chi connectivity index (χ3v) is 7.75. The maximum Gasteiger partial charge on any atom is 0.313 e. The first-order valence-corrected chi connectivity index (χ1v) is 12.5. The van der Waals surface area contributed by atoms with E-state index >= 15 is 0 Å². The predicted octanol–water partition coefficient (Wildman–Crippen LogP) is 4.59. The molecule has 3 rings (SSSR count). The standard InChI is InChI=1S/C24H28O4S2/c25-21(15-17-6-7-18-4-1-2-5-20(18)14-17)10-8-19-9-11-22(26)24(19)30-13-3-12-29-16-23(27)28/h1-2,4-8,10,14,19,21,24-25H,3,9,11-13,15-16H2,(H,27,28)/t19-,21?,24?/m0/s1. The summed E-state index contributed by atoms with van der Waals surface area (Å²) >= 11 is 3.09. The lowest BCUT2D eigenvalue weighted by atomic mass is 10.0. The molecule has 0 amide bonds. The molecule has 2 aromatic rings. The summed E-state index contributed by atoms with van der Waals surface area (Å²) in [5, 5.41) is 21.5. The van der Waals surface area contributed by atoms with Gasteiger partial charge in [0.2, 0.25) is 0 Å². The van der Waals surface area contributed by atoms with Crippen LogP contribution < -0.4 is 0 Å². The Morgan fingerprint density at radius 3 is 2.77 bits per heavy atom. The number of thioether (sulfide) groups is 2. The lowest BCUT2D eigenvalue weighted by Crippen LogP contribution is -2.17. The number of aliphatic carboxylic acids is 1. The number of rotatable bonds is 11. The number of carboxylic acids is 1. The number of hydrogen-bond donors (Lipinski definition) is 2. The zero-order valence-corrected chi connectivity index (χ0v) is 18.5. The van der Waals surface area contributed by atoms with Crippen molar-refractivity contribution in [2.75, 3.05) is 17.3 Å². The molecule has 0 bridgehead atoms. The van der Waals surface area contributed by atoms with Crippen LogP contribution >= 0.6 is 23.5 Å². The first-order valence-electron chi connectivity index (χ1n) is 10.3. The third-order valence-electron chi connectivity index (χ3n) is 5.23. The second-order valence-corrected chi connectivity index (χ2v) is 9.95. The highest BCUT2D eigenvalue weighted by Gasteiger charge is 2.33. The molecule has 0 saturated heterocycles. The summed E-state index contributed by atoms with van der Waals surface area (Å²) in [5.41, 5.74) is 1.10. The first-order chi connectivity index (χ1) is 14.5. The highest BCUT2D eigenvalue weighted by molar-refractivity contribution is 8.01. The number of benzene rings is 2. The second-order valence-electron chi connectivity index (χ2n) is 7.60. The maximum atomic E-state index is 12.3. The third kappa shape index (κ3) is 6.89. The molecule has 6 heteroatoms. The zero-order chi connectivity index (χ0) is 21.3. The quantitative estimate of drug-likeness (QED) is 0.390. The molecule has 2 N–H and O–H groups in total. The molecule has 30 heavy (non-hydrogen) atoms. The Labute approximate surface area is 186 Å². The van der Waals surface area contributed by atoms with Gasteiger partial charge >= 0.3 is 5.97 Å². The molecular formula is C24H28O4S2. The van der Waals surface area contributed by atoms with Crippen molar-refractivity contribution in [1.82, 2.24) is 0 Å². The summed E-state index contributed by atoms with van der Waals surface area (Å²) in [5.74, 6) is 1.45. The average molecular weight is 445 g/mol. The Bertz CT molecular complexity index is 896. The molecule has 0 heterocycles. The van der Waals surface area contributed by atoms with Crippen molar-refractivity contribution in [1.29, 1.82) is 0 Å². The van der Waals surface area contributed by atoms with Gasteiger partial charge < -0.3 is 10.2 Å². The highest BCUT2D eigenvalue weighted by atomic mass is 32.2. The van der Waals surface area contributed by atoms with Crippen LogP contribution in [0.5, 0.6) is 0 Å². The van der Waals surface area contributed by atoms with E-state index in [0.29, 0.717) is 12.8 Å². The molecule has 2 unspecified atom stereocenters. The van der Waals surface area contributed by atoms with E-state index in [9.17, 15) is 14.7 Å². The van der Waals surface area contributed by atoms with E-state index in [1.807, 2.05) is 24.3 Å². The Morgan fingerprint density at radius 1 is 1.17 bits per heavy atom. The van der Waals surface area contributed by atoms with Gasteiger partial charge in [0.1, 0.15) is 5.78 Å². The second kappa shape index (κ2) is 11.6. The predicted molar refractivity (Wildman–Crippen MR) is 126 cm³/mol. The molecular weight excluding hydrogens is 416 g/mol. The lowest BCUT2D eigenvalue weighted by molar-refractivity contribution is -0.133. The fraction of sp³-hybridized carbons (Fsp3) is 0.417. The Kier molecular flexibility index (Phi) is 8.85. The molecule has 160 valence electrons. The first kappa shape index (κ1) is 22.9. The molecule has 0 spiro atoms. The van der Waals surface area contributed by atoms with E-state index in [-0.39, 0.29) is 22.7 Å². The topological polar surface area (TPSA) is 74.6 Å². The fourth-order valence-electron chi connectivity index (χ4n) is 3.73. The minimum Gasteiger partial charge on any atom is -0.481 e. The van der Waals surface area contributed by atoms with Crippen LogP contribution in [0.1, 0.15) is 24.8 Å². The molecule has 1 fully saturated rings. The van der Waals surface area contributed by atoms with Crippen LogP contribution in [0.4, 0.5) is 0 Å². The van der Waals surface area contributed by atoms with Gasteiger partial charge in [-0.05, 0) is 46.6 Å². The number of allylic oxidation sites excluding steroid dienone is 1. The monoisotopic (exact) mass is 444 g/mol. The number of aliphatic hydroxyl groups is 1. The summed E-state index contributed by atoms with van der Waals surface area (Å²) in [6, 6.07) is 14.4. The number of hydrogen-bond acceptors (Lipinski definition) is 5. The van der Waals surface area contributed by atoms with E-state index in [4.69, 9.17) is 5.11 Å². The summed E-state index contributed by atoms with van der Waals surface area (Å²) < 4.78 is 0. The highest BCUT2D eigenvalue weighted by Crippen LogP contribution is 2.34. The number of carbonyl (C=O) groups excluding carboxylic acids is 1. The molecule has 0 radical (unpaired) electrons. The van der Waals surface area contributed by atoms with Crippen LogP contribution in [0.15, 0.2) is 54.6 Å². The van der Waals surface area contributed by atoms with Crippen molar-refractivity contribution < 1.29 is 19.8 Å². The molecule has 0 aliphatic heterocycles. The van der Waals surface area contributed by atoms with Crippen LogP contribution in [0, 0.1) is 5.92 Å². The van der Waals surface area contributed by atoms with Crippen LogP contribution in [0.3, 0.4) is 0 Å². The molecule has 1 aliphatic carbocycles. The summed E-state index contributed by atoms with van der Waals surface area (Å²) in [6.45, 7) is 0. The van der Waals surface area contributed by atoms with Crippen molar-refractivity contribution in [3.8, 4) is 0 Å². The van der Waals surface area contributed by atoms with E-state index in [1.54, 1.807) is 11.8 Å². The van der Waals surface area contributed by atoms with Crippen molar-refractivity contribution in [3.63, 3.8) is 0 Å². The van der Waals surface area contributed by atoms with Crippen molar-refractivity contribution in [2.45, 2.75) is 37.0 Å². The van der Waals surface area contributed by atoms with Crippen LogP contribution in [0.25, 0.3) is 10.8 Å². The van der Waals surface area contributed by atoms with Gasteiger partial charge in [-0.3, -0.25) is 9.59 Å². The average Bonchev–Trinajstić information content (AvgIpc) is 3.08. The number of ketones is 1. The van der Waals surface area contributed by atoms with Crippen molar-refractivity contribution >= 4 is 46.0 Å². The maximum absolute atomic E-state index is 12.3. The molecule has 1 saturated carbocycles. The smallest absolute Gasteiger partial charge is 0.313 e. The van der Waals surface area contributed by atoms with E-state index in [0.717, 1.165) is 29.9 Å². The zero-order valence-electron chi connectivity index (χ0n) is 16.9. The van der Waals surface area contributed by atoms with Gasteiger partial charge in [-0.1, -0.05) is 54.6 Å². The van der Waals surface area contributed by atoms with Gasteiger partial charge in [0.25, 0.3) is 0 Å². The number of carboxylic acid groups (broad SMARTS) is 1. The van der Waals surface area contributed by atoms with Gasteiger partial charge in [0, 0.05) is 12.8 Å². The fourth-order valence-corrected chi connectivity index (χ4v) is 5.92. The summed E-state index contributed by atoms with van der Waals surface area (Å²) in [7, 11) is 0. The van der Waals surface area contributed by atoms with Gasteiger partial charge in [-0.2, -0.15) is 11.8 Å². The minimum absolute atomic E-state index is 0.0430.